The van der Waals surface area contributed by atoms with E-state index in [2.05, 4.69) is 10.5 Å². The number of piperidine rings is 1. The summed E-state index contributed by atoms with van der Waals surface area (Å²) in [4.78, 5) is 57.8. The van der Waals surface area contributed by atoms with Crippen LogP contribution in [-0.4, -0.2) is 35.1 Å². The van der Waals surface area contributed by atoms with Gasteiger partial charge in [-0.15, -0.1) is 4.91 Å². The standard InChI is InChI=1S/C14H13N3O5/c1-8-6-9(16-22)2-3-10(8)14(21)17(7-18)11-4-5-12(19)15-13(11)20/h2-3,6-7,11H,4-5H2,1H3,(H,15,19,20). The predicted octanol–water partition coefficient (Wildman–Crippen LogP) is 0.797. The fraction of sp³-hybridized carbons (Fsp3) is 0.286. The second-order valence-corrected chi connectivity index (χ2v) is 4.88. The molecule has 4 amide bonds. The number of carbonyl (C=O) groups is 4. The Kier molecular flexibility index (Phi) is 4.40. The molecule has 0 bridgehead atoms. The zero-order valence-corrected chi connectivity index (χ0v) is 11.7. The number of nitroso groups, excluding NO2 is 1. The van der Waals surface area contributed by atoms with E-state index >= 15 is 0 Å². The average Bonchev–Trinajstić information content (AvgIpc) is 2.49. The largest absolute Gasteiger partial charge is 0.295 e. The van der Waals surface area contributed by atoms with Crippen LogP contribution in [0, 0.1) is 11.8 Å². The molecule has 0 spiro atoms. The average molecular weight is 303 g/mol. The van der Waals surface area contributed by atoms with Crippen molar-refractivity contribution in [3.05, 3.63) is 34.2 Å². The van der Waals surface area contributed by atoms with Gasteiger partial charge < -0.3 is 0 Å². The summed E-state index contributed by atoms with van der Waals surface area (Å²) in [6.07, 6.45) is 0.414. The molecule has 1 atom stereocenters. The van der Waals surface area contributed by atoms with Crippen molar-refractivity contribution in [2.24, 2.45) is 5.18 Å². The van der Waals surface area contributed by atoms with Gasteiger partial charge >= 0.3 is 0 Å². The fourth-order valence-corrected chi connectivity index (χ4v) is 2.29. The molecular weight excluding hydrogens is 290 g/mol. The van der Waals surface area contributed by atoms with E-state index < -0.39 is 23.8 Å². The van der Waals surface area contributed by atoms with Crippen molar-refractivity contribution < 1.29 is 19.2 Å². The summed E-state index contributed by atoms with van der Waals surface area (Å²) in [6.45, 7) is 1.59. The van der Waals surface area contributed by atoms with E-state index in [9.17, 15) is 24.1 Å². The van der Waals surface area contributed by atoms with Gasteiger partial charge in [0.1, 0.15) is 11.7 Å². The topological polar surface area (TPSA) is 113 Å². The summed E-state index contributed by atoms with van der Waals surface area (Å²) in [6, 6.07) is 3.11. The van der Waals surface area contributed by atoms with E-state index in [4.69, 9.17) is 0 Å². The van der Waals surface area contributed by atoms with Gasteiger partial charge in [-0.3, -0.25) is 29.4 Å². The Hall–Kier alpha value is -2.90. The first kappa shape index (κ1) is 15.5. The van der Waals surface area contributed by atoms with Gasteiger partial charge in [-0.2, -0.15) is 0 Å². The predicted molar refractivity (Wildman–Crippen MR) is 75.0 cm³/mol. The molecule has 0 aliphatic carbocycles. The molecule has 1 aromatic carbocycles. The Morgan fingerprint density at radius 2 is 2.14 bits per heavy atom. The Bertz CT molecular complexity index is 670. The first-order valence-electron chi connectivity index (χ1n) is 6.53. The fourth-order valence-electron chi connectivity index (χ4n) is 2.29. The number of nitrogens with one attached hydrogen (secondary N) is 1. The van der Waals surface area contributed by atoms with Gasteiger partial charge in [0.25, 0.3) is 5.91 Å². The third-order valence-corrected chi connectivity index (χ3v) is 3.44. The second-order valence-electron chi connectivity index (χ2n) is 4.88. The first-order chi connectivity index (χ1) is 10.5. The van der Waals surface area contributed by atoms with Crippen molar-refractivity contribution in [1.82, 2.24) is 10.2 Å². The van der Waals surface area contributed by atoms with Crippen LogP contribution in [0.5, 0.6) is 0 Å². The lowest BCUT2D eigenvalue weighted by Crippen LogP contribution is -2.53. The molecular formula is C14H13N3O5. The second kappa shape index (κ2) is 6.25. The molecule has 0 radical (unpaired) electrons. The lowest BCUT2D eigenvalue weighted by Gasteiger charge is -2.28. The van der Waals surface area contributed by atoms with Gasteiger partial charge in [-0.1, -0.05) is 0 Å². The van der Waals surface area contributed by atoms with Crippen LogP contribution >= 0.6 is 0 Å². The Morgan fingerprint density at radius 1 is 1.41 bits per heavy atom. The number of benzene rings is 1. The number of rotatable bonds is 4. The number of hydrogen-bond acceptors (Lipinski definition) is 6. The summed E-state index contributed by atoms with van der Waals surface area (Å²) in [5.41, 5.74) is 0.804. The van der Waals surface area contributed by atoms with Crippen molar-refractivity contribution in [1.29, 1.82) is 0 Å². The first-order valence-corrected chi connectivity index (χ1v) is 6.53. The van der Waals surface area contributed by atoms with Gasteiger partial charge in [0.05, 0.1) is 0 Å². The highest BCUT2D eigenvalue weighted by molar-refractivity contribution is 6.07. The molecule has 8 heteroatoms. The molecule has 1 aromatic rings. The maximum atomic E-state index is 12.4. The van der Waals surface area contributed by atoms with Crippen LogP contribution in [0.4, 0.5) is 5.69 Å². The van der Waals surface area contributed by atoms with Crippen LogP contribution in [0.1, 0.15) is 28.8 Å². The zero-order valence-electron chi connectivity index (χ0n) is 11.7. The SMILES string of the molecule is Cc1cc(N=O)ccc1C(=O)N(C=O)C1CCC(=O)NC1=O. The van der Waals surface area contributed by atoms with Crippen LogP contribution in [0.2, 0.25) is 0 Å². The molecule has 0 saturated carbocycles. The maximum absolute atomic E-state index is 12.4. The van der Waals surface area contributed by atoms with Gasteiger partial charge in [0, 0.05) is 12.0 Å². The quantitative estimate of drug-likeness (QED) is 0.502. The van der Waals surface area contributed by atoms with Gasteiger partial charge in [-0.25, -0.2) is 0 Å². The van der Waals surface area contributed by atoms with Crippen molar-refractivity contribution >= 4 is 29.8 Å². The number of hydrogen-bond donors (Lipinski definition) is 1. The number of nitrogens with zero attached hydrogens (tertiary/aromatic N) is 2. The lowest BCUT2D eigenvalue weighted by molar-refractivity contribution is -0.139. The van der Waals surface area contributed by atoms with E-state index in [0.29, 0.717) is 5.56 Å². The van der Waals surface area contributed by atoms with Crippen LogP contribution in [0.25, 0.3) is 0 Å². The Balaban J connectivity index is 2.29. The highest BCUT2D eigenvalue weighted by Gasteiger charge is 2.35. The lowest BCUT2D eigenvalue weighted by atomic mass is 10.0. The van der Waals surface area contributed by atoms with Gasteiger partial charge in [0.15, 0.2) is 0 Å². The highest BCUT2D eigenvalue weighted by atomic mass is 16.3. The molecule has 1 saturated heterocycles. The van der Waals surface area contributed by atoms with E-state index in [0.717, 1.165) is 4.90 Å². The summed E-state index contributed by atoms with van der Waals surface area (Å²) >= 11 is 0. The highest BCUT2D eigenvalue weighted by Crippen LogP contribution is 2.21. The van der Waals surface area contributed by atoms with Crippen LogP contribution in [-0.2, 0) is 14.4 Å². The molecule has 1 aliphatic heterocycles. The summed E-state index contributed by atoms with van der Waals surface area (Å²) in [7, 11) is 0. The van der Waals surface area contributed by atoms with E-state index in [-0.39, 0.29) is 30.5 Å². The number of carbonyl (C=O) groups excluding carboxylic acids is 4. The Morgan fingerprint density at radius 3 is 2.68 bits per heavy atom. The molecule has 8 nitrogen and oxygen atoms in total. The number of aryl methyl sites for hydroxylation is 1. The molecule has 0 aromatic heterocycles. The zero-order chi connectivity index (χ0) is 16.3. The van der Waals surface area contributed by atoms with E-state index in [1.165, 1.54) is 18.2 Å². The summed E-state index contributed by atoms with van der Waals surface area (Å²) in [5.74, 6) is -1.78. The van der Waals surface area contributed by atoms with E-state index in [1.54, 1.807) is 6.92 Å². The number of amides is 4. The van der Waals surface area contributed by atoms with Crippen LogP contribution in [0.15, 0.2) is 23.4 Å². The van der Waals surface area contributed by atoms with Crippen molar-refractivity contribution in [3.8, 4) is 0 Å². The summed E-state index contributed by atoms with van der Waals surface area (Å²) < 4.78 is 0. The maximum Gasteiger partial charge on any atom is 0.261 e. The molecule has 1 heterocycles. The molecule has 2 rings (SSSR count). The Labute approximate surface area is 125 Å². The van der Waals surface area contributed by atoms with Crippen molar-refractivity contribution in [3.63, 3.8) is 0 Å². The van der Waals surface area contributed by atoms with Gasteiger partial charge in [0.2, 0.25) is 18.2 Å². The third kappa shape index (κ3) is 2.90. The normalized spacial score (nSPS) is 17.6. The van der Waals surface area contributed by atoms with Crippen LogP contribution < -0.4 is 5.32 Å². The minimum Gasteiger partial charge on any atom is -0.295 e. The molecule has 1 unspecified atom stereocenters. The minimum atomic E-state index is -1.02. The smallest absolute Gasteiger partial charge is 0.261 e. The molecule has 22 heavy (non-hydrogen) atoms. The van der Waals surface area contributed by atoms with E-state index in [1.807, 2.05) is 0 Å². The molecule has 114 valence electrons. The third-order valence-electron chi connectivity index (χ3n) is 3.44. The minimum absolute atomic E-state index is 0.0566. The number of imide groups is 2. The van der Waals surface area contributed by atoms with Crippen LogP contribution in [0.3, 0.4) is 0 Å². The molecule has 1 fully saturated rings. The van der Waals surface area contributed by atoms with Crippen molar-refractivity contribution in [2.45, 2.75) is 25.8 Å². The molecule has 1 N–H and O–H groups in total. The van der Waals surface area contributed by atoms with Gasteiger partial charge in [-0.05, 0) is 42.3 Å². The molecule has 1 aliphatic rings. The van der Waals surface area contributed by atoms with Crippen molar-refractivity contribution in [2.75, 3.05) is 0 Å². The summed E-state index contributed by atoms with van der Waals surface area (Å²) in [5, 5.41) is 4.86. The monoisotopic (exact) mass is 303 g/mol.